The van der Waals surface area contributed by atoms with E-state index in [9.17, 15) is 34.2 Å². The number of esters is 1. The van der Waals surface area contributed by atoms with Gasteiger partial charge in [0, 0.05) is 55.8 Å². The quantitative estimate of drug-likeness (QED) is 0.0261. The van der Waals surface area contributed by atoms with Gasteiger partial charge in [-0.25, -0.2) is 33.8 Å². The van der Waals surface area contributed by atoms with E-state index in [1.807, 2.05) is 45.0 Å². The van der Waals surface area contributed by atoms with Gasteiger partial charge in [0.2, 0.25) is 5.60 Å². The fraction of sp³-hybridized carbons (Fsp3) is 0.415. The number of hydrogen-bond acceptors (Lipinski definition) is 15. The van der Waals surface area contributed by atoms with Crippen molar-refractivity contribution >= 4 is 29.1 Å². The van der Waals surface area contributed by atoms with Crippen molar-refractivity contribution in [2.75, 3.05) is 33.2 Å². The Morgan fingerprint density at radius 1 is 0.944 bits per heavy atom. The van der Waals surface area contributed by atoms with Crippen molar-refractivity contribution < 1.29 is 43.5 Å². The highest BCUT2D eigenvalue weighted by molar-refractivity contribution is 5.91. The van der Waals surface area contributed by atoms with Crippen LogP contribution in [0.4, 0.5) is 9.59 Å². The summed E-state index contributed by atoms with van der Waals surface area (Å²) in [6.45, 7) is 15.8. The Morgan fingerprint density at radius 3 is 2.40 bits per heavy atom. The van der Waals surface area contributed by atoms with Gasteiger partial charge in [-0.15, -0.1) is 0 Å². The fourth-order valence-electron chi connectivity index (χ4n) is 9.30. The molecule has 0 saturated heterocycles. The van der Waals surface area contributed by atoms with Gasteiger partial charge >= 0.3 is 23.9 Å². The second-order valence-electron chi connectivity index (χ2n) is 19.4. The third-order valence-electron chi connectivity index (χ3n) is 13.0. The van der Waals surface area contributed by atoms with Crippen LogP contribution in [-0.4, -0.2) is 96.5 Å². The molecule has 2 aliphatic rings. The van der Waals surface area contributed by atoms with Gasteiger partial charge < -0.3 is 49.3 Å². The molecule has 6 aromatic rings. The standard InChI is InChI=1S/C53H62N8O11/c1-9-34-36-23-33(70-51(68)72-52(5,6)7)17-18-41(36)56-45-38(34)28-60-42(45)25-40-39(47(60)64)29-69-48(65)53(40,10-2)71-50(67)59(8)22-12-11-19-54-20-21-55-27-31-13-15-32(16-14-31)61-46(57-58-49(61)66)37-24-35(30(3)4)43(62)26-44(37)63/h13-18,23-26,30,54-55,62-63H,9-12,19-22,27-29H2,1-8H3,(H,58,66). The topological polar surface area (TPSA) is 241 Å². The normalized spacial score (nSPS) is 15.0. The number of carbonyl (C=O) groups is 3. The van der Waals surface area contributed by atoms with Crippen molar-refractivity contribution in [3.63, 3.8) is 0 Å². The van der Waals surface area contributed by atoms with Crippen LogP contribution in [0, 0.1) is 0 Å². The zero-order valence-electron chi connectivity index (χ0n) is 41.9. The van der Waals surface area contributed by atoms with Crippen LogP contribution < -0.4 is 26.6 Å². The molecule has 1 amide bonds. The first-order chi connectivity index (χ1) is 34.3. The minimum atomic E-state index is -1.86. The number of benzene rings is 3. The molecule has 0 radical (unpaired) electrons. The van der Waals surface area contributed by atoms with Crippen LogP contribution in [-0.2, 0) is 50.7 Å². The Morgan fingerprint density at radius 2 is 1.69 bits per heavy atom. The van der Waals surface area contributed by atoms with Crippen molar-refractivity contribution in [1.82, 2.24) is 39.8 Å². The van der Waals surface area contributed by atoms with Crippen LogP contribution in [0.2, 0.25) is 0 Å². The molecule has 3 aromatic carbocycles. The van der Waals surface area contributed by atoms with E-state index in [1.165, 1.54) is 15.5 Å². The predicted molar refractivity (Wildman–Crippen MR) is 269 cm³/mol. The van der Waals surface area contributed by atoms with Crippen molar-refractivity contribution in [2.45, 2.75) is 111 Å². The molecule has 5 N–H and O–H groups in total. The van der Waals surface area contributed by atoms with Crippen molar-refractivity contribution in [1.29, 1.82) is 0 Å². The fourth-order valence-corrected chi connectivity index (χ4v) is 9.30. The molecule has 1 atom stereocenters. The molecule has 19 heteroatoms. The minimum Gasteiger partial charge on any atom is -0.508 e. The van der Waals surface area contributed by atoms with E-state index in [4.69, 9.17) is 23.9 Å². The van der Waals surface area contributed by atoms with E-state index in [0.717, 1.165) is 28.5 Å². The SMILES string of the molecule is CCc1c2c(nc3ccc(OC(=O)OC(C)(C)C)cc13)-c1cc3c(c(=O)n1C2)COC(=O)C3(CC)OC(=O)N(C)CCCCNCCNCc1ccc(-n2c(-c3cc(C(C)C)c(O)cc3O)n[nH]c2=O)cc1. The maximum Gasteiger partial charge on any atom is 0.514 e. The molecule has 2 aliphatic heterocycles. The summed E-state index contributed by atoms with van der Waals surface area (Å²) < 4.78 is 25.5. The van der Waals surface area contributed by atoms with Crippen molar-refractivity contribution in [3.05, 3.63) is 115 Å². The number of unbranched alkanes of at least 4 members (excludes halogenated alkanes) is 1. The molecule has 0 fully saturated rings. The number of phenols is 2. The highest BCUT2D eigenvalue weighted by Crippen LogP contribution is 2.43. The number of amides is 1. The molecule has 0 saturated carbocycles. The van der Waals surface area contributed by atoms with Crippen molar-refractivity contribution in [3.8, 4) is 45.7 Å². The monoisotopic (exact) mass is 986 g/mol. The number of rotatable bonds is 17. The number of aryl methyl sites for hydroxylation is 1. The number of aromatic nitrogens is 5. The lowest BCUT2D eigenvalue weighted by Gasteiger charge is -2.36. The number of fused-ring (bicyclic) bond motifs is 5. The number of pyridine rings is 2. The van der Waals surface area contributed by atoms with E-state index >= 15 is 0 Å². The zero-order chi connectivity index (χ0) is 51.6. The molecule has 8 rings (SSSR count). The molecule has 5 heterocycles. The Labute approximate surface area is 416 Å². The number of carbonyl (C=O) groups excluding carboxylic acids is 3. The first-order valence-corrected chi connectivity index (χ1v) is 24.3. The predicted octanol–water partition coefficient (Wildman–Crippen LogP) is 7.27. The molecule has 1 unspecified atom stereocenters. The van der Waals surface area contributed by atoms with Gasteiger partial charge in [0.25, 0.3) is 5.56 Å². The van der Waals surface area contributed by atoms with Gasteiger partial charge in [0.15, 0.2) is 5.82 Å². The maximum atomic E-state index is 14.3. The minimum absolute atomic E-state index is 0.0193. The summed E-state index contributed by atoms with van der Waals surface area (Å²) in [7, 11) is 1.61. The first-order valence-electron chi connectivity index (χ1n) is 24.3. The lowest BCUT2D eigenvalue weighted by atomic mass is 9.85. The van der Waals surface area contributed by atoms with E-state index in [2.05, 4.69) is 20.8 Å². The molecule has 380 valence electrons. The van der Waals surface area contributed by atoms with Gasteiger partial charge in [-0.3, -0.25) is 4.79 Å². The maximum absolute atomic E-state index is 14.3. The summed E-state index contributed by atoms with van der Waals surface area (Å²) in [6, 6.07) is 17.2. The molecule has 3 aromatic heterocycles. The Kier molecular flexibility index (Phi) is 14.6. The van der Waals surface area contributed by atoms with Crippen LogP contribution in [0.3, 0.4) is 0 Å². The van der Waals surface area contributed by atoms with Crippen LogP contribution in [0.15, 0.2) is 70.3 Å². The van der Waals surface area contributed by atoms with Gasteiger partial charge in [-0.1, -0.05) is 39.8 Å². The third kappa shape index (κ3) is 10.2. The number of aromatic amines is 1. The number of nitrogens with zero attached hydrogens (tertiary/aromatic N) is 5. The highest BCUT2D eigenvalue weighted by Gasteiger charge is 2.51. The van der Waals surface area contributed by atoms with Crippen LogP contribution in [0.1, 0.15) is 107 Å². The summed E-state index contributed by atoms with van der Waals surface area (Å²) in [5.41, 5.74) is 3.11. The molecular formula is C53H62N8O11. The van der Waals surface area contributed by atoms with E-state index < -0.39 is 35.1 Å². The van der Waals surface area contributed by atoms with E-state index in [0.29, 0.717) is 85.0 Å². The van der Waals surface area contributed by atoms with Gasteiger partial charge in [-0.2, -0.15) is 5.10 Å². The summed E-state index contributed by atoms with van der Waals surface area (Å²) >= 11 is 0. The smallest absolute Gasteiger partial charge is 0.508 e. The number of aromatic hydroxyl groups is 2. The van der Waals surface area contributed by atoms with Crippen LogP contribution >= 0.6 is 0 Å². The van der Waals surface area contributed by atoms with E-state index in [1.54, 1.807) is 69.6 Å². The highest BCUT2D eigenvalue weighted by atomic mass is 16.7. The summed E-state index contributed by atoms with van der Waals surface area (Å²) in [6.07, 6.45) is 0.505. The molecule has 0 bridgehead atoms. The van der Waals surface area contributed by atoms with Gasteiger partial charge in [0.05, 0.1) is 40.3 Å². The Hall–Kier alpha value is -7.51. The zero-order valence-corrected chi connectivity index (χ0v) is 41.9. The van der Waals surface area contributed by atoms with E-state index in [-0.39, 0.29) is 59.5 Å². The molecule has 0 spiro atoms. The third-order valence-corrected chi connectivity index (χ3v) is 13.0. The van der Waals surface area contributed by atoms with Gasteiger partial charge in [-0.05, 0) is 118 Å². The van der Waals surface area contributed by atoms with Crippen molar-refractivity contribution in [2.24, 2.45) is 0 Å². The number of hydrogen-bond donors (Lipinski definition) is 5. The van der Waals surface area contributed by atoms with Gasteiger partial charge in [0.1, 0.15) is 29.5 Å². The van der Waals surface area contributed by atoms with Crippen LogP contribution in [0.25, 0.3) is 39.4 Å². The second kappa shape index (κ2) is 20.7. The number of ether oxygens (including phenoxy) is 4. The number of nitrogens with one attached hydrogen (secondary N) is 3. The lowest BCUT2D eigenvalue weighted by molar-refractivity contribution is -0.173. The Bertz CT molecular complexity index is 3170. The summed E-state index contributed by atoms with van der Waals surface area (Å²) in [5.74, 6) is -0.460. The average molecular weight is 987 g/mol. The first kappa shape index (κ1) is 50.9. The molecule has 72 heavy (non-hydrogen) atoms. The number of cyclic esters (lactones) is 1. The largest absolute Gasteiger partial charge is 0.514 e. The molecule has 0 aliphatic carbocycles. The summed E-state index contributed by atoms with van der Waals surface area (Å²) in [5, 5.41) is 35.2. The number of H-pyrrole nitrogens is 1. The second-order valence-corrected chi connectivity index (χ2v) is 19.4. The average Bonchev–Trinajstić information content (AvgIpc) is 3.90. The lowest BCUT2D eigenvalue weighted by Crippen LogP contribution is -2.49. The summed E-state index contributed by atoms with van der Waals surface area (Å²) in [4.78, 5) is 73.4. The number of phenolic OH excluding ortho intramolecular Hbond substituents is 2. The Balaban J connectivity index is 0.837. The molecule has 19 nitrogen and oxygen atoms in total. The van der Waals surface area contributed by atoms with Crippen LogP contribution in [0.5, 0.6) is 17.2 Å². The molecular weight excluding hydrogens is 925 g/mol.